The smallest absolute Gasteiger partial charge is 0.308 e. The summed E-state index contributed by atoms with van der Waals surface area (Å²) in [5.41, 5.74) is 1.22. The van der Waals surface area contributed by atoms with Crippen LogP contribution in [0.5, 0.6) is 0 Å². The van der Waals surface area contributed by atoms with Gasteiger partial charge in [-0.05, 0) is 31.2 Å². The normalized spacial score (nSPS) is 10.0. The molecule has 0 aliphatic heterocycles. The Labute approximate surface area is 110 Å². The molecule has 2 rings (SSSR count). The van der Waals surface area contributed by atoms with Crippen LogP contribution in [-0.4, -0.2) is 21.6 Å². The fourth-order valence-corrected chi connectivity index (χ4v) is 1.55. The van der Waals surface area contributed by atoms with Gasteiger partial charge >= 0.3 is 6.03 Å². The van der Waals surface area contributed by atoms with Gasteiger partial charge in [0.05, 0.1) is 0 Å². The summed E-state index contributed by atoms with van der Waals surface area (Å²) in [5, 5.41) is 9.28. The zero-order valence-electron chi connectivity index (χ0n) is 10.7. The molecule has 2 aromatic rings. The van der Waals surface area contributed by atoms with Gasteiger partial charge in [0.25, 0.3) is 0 Å². The van der Waals surface area contributed by atoms with Gasteiger partial charge in [-0.2, -0.15) is 5.10 Å². The molecule has 0 bridgehead atoms. The summed E-state index contributed by atoms with van der Waals surface area (Å²) >= 11 is 0. The van der Waals surface area contributed by atoms with Gasteiger partial charge in [0.15, 0.2) is 11.6 Å². The van der Waals surface area contributed by atoms with E-state index in [1.807, 2.05) is 0 Å². The summed E-state index contributed by atoms with van der Waals surface area (Å²) in [6.45, 7) is 1.50. The van der Waals surface area contributed by atoms with Crippen molar-refractivity contribution in [2.45, 2.75) is 6.92 Å². The third kappa shape index (κ3) is 3.41. The molecule has 0 atom stereocenters. The zero-order valence-corrected chi connectivity index (χ0v) is 10.7. The number of carbonyl (C=O) groups is 2. The van der Waals surface area contributed by atoms with Crippen LogP contribution in [0.1, 0.15) is 17.3 Å². The second kappa shape index (κ2) is 5.34. The van der Waals surface area contributed by atoms with E-state index in [1.54, 1.807) is 48.3 Å². The van der Waals surface area contributed by atoms with Crippen molar-refractivity contribution in [2.24, 2.45) is 7.05 Å². The second-order valence-electron chi connectivity index (χ2n) is 4.09. The number of anilines is 2. The van der Waals surface area contributed by atoms with Crippen LogP contribution in [0, 0.1) is 0 Å². The molecule has 0 aliphatic rings. The first-order chi connectivity index (χ1) is 9.04. The van der Waals surface area contributed by atoms with E-state index in [4.69, 9.17) is 0 Å². The van der Waals surface area contributed by atoms with Gasteiger partial charge in [0.2, 0.25) is 0 Å². The van der Waals surface area contributed by atoms with Crippen molar-refractivity contribution in [3.05, 3.63) is 42.1 Å². The fourth-order valence-electron chi connectivity index (χ4n) is 1.55. The minimum atomic E-state index is -0.380. The van der Waals surface area contributed by atoms with Crippen molar-refractivity contribution in [1.82, 2.24) is 9.78 Å². The first-order valence-corrected chi connectivity index (χ1v) is 5.73. The highest BCUT2D eigenvalue weighted by atomic mass is 16.2. The number of amides is 2. The number of nitrogens with one attached hydrogen (secondary N) is 2. The molecule has 2 amide bonds. The van der Waals surface area contributed by atoms with E-state index >= 15 is 0 Å². The Morgan fingerprint density at radius 1 is 1.11 bits per heavy atom. The number of nitrogens with zero attached hydrogens (tertiary/aromatic N) is 2. The number of urea groups is 1. The van der Waals surface area contributed by atoms with E-state index in [0.717, 1.165) is 0 Å². The molecular weight excluding hydrogens is 244 g/mol. The van der Waals surface area contributed by atoms with Crippen LogP contribution in [0.3, 0.4) is 0 Å². The monoisotopic (exact) mass is 258 g/mol. The lowest BCUT2D eigenvalue weighted by Crippen LogP contribution is -2.19. The Bertz CT molecular complexity index is 601. The largest absolute Gasteiger partial charge is 0.324 e. The van der Waals surface area contributed by atoms with Crippen molar-refractivity contribution < 1.29 is 9.59 Å². The number of rotatable bonds is 3. The van der Waals surface area contributed by atoms with Gasteiger partial charge in [-0.3, -0.25) is 14.8 Å². The topological polar surface area (TPSA) is 76.0 Å². The summed E-state index contributed by atoms with van der Waals surface area (Å²) in [5.74, 6) is 0.463. The van der Waals surface area contributed by atoms with Crippen molar-refractivity contribution in [3.8, 4) is 0 Å². The molecule has 19 heavy (non-hydrogen) atoms. The Hall–Kier alpha value is -2.63. The molecule has 0 aliphatic carbocycles. The lowest BCUT2D eigenvalue weighted by atomic mass is 10.1. The Kier molecular flexibility index (Phi) is 3.61. The highest BCUT2D eigenvalue weighted by Crippen LogP contribution is 2.10. The lowest BCUT2D eigenvalue weighted by molar-refractivity contribution is 0.101. The minimum Gasteiger partial charge on any atom is -0.308 e. The quantitative estimate of drug-likeness (QED) is 0.829. The van der Waals surface area contributed by atoms with E-state index in [9.17, 15) is 9.59 Å². The molecule has 6 nitrogen and oxygen atoms in total. The molecule has 6 heteroatoms. The maximum absolute atomic E-state index is 11.7. The maximum Gasteiger partial charge on any atom is 0.324 e. The average molecular weight is 258 g/mol. The molecule has 0 saturated carbocycles. The van der Waals surface area contributed by atoms with Gasteiger partial charge in [0.1, 0.15) is 0 Å². The van der Waals surface area contributed by atoms with Gasteiger partial charge in [-0.1, -0.05) is 0 Å². The van der Waals surface area contributed by atoms with E-state index < -0.39 is 0 Å². The van der Waals surface area contributed by atoms with Crippen LogP contribution < -0.4 is 10.6 Å². The van der Waals surface area contributed by atoms with Gasteiger partial charge in [-0.25, -0.2) is 4.79 Å². The second-order valence-corrected chi connectivity index (χ2v) is 4.09. The van der Waals surface area contributed by atoms with Crippen LogP contribution in [-0.2, 0) is 7.05 Å². The number of aryl methyl sites for hydroxylation is 1. The van der Waals surface area contributed by atoms with Gasteiger partial charge in [0, 0.05) is 30.6 Å². The first kappa shape index (κ1) is 12.8. The first-order valence-electron chi connectivity index (χ1n) is 5.73. The van der Waals surface area contributed by atoms with E-state index in [2.05, 4.69) is 15.7 Å². The zero-order chi connectivity index (χ0) is 13.8. The molecule has 98 valence electrons. The maximum atomic E-state index is 11.7. The predicted molar refractivity (Wildman–Crippen MR) is 72.3 cm³/mol. The summed E-state index contributed by atoms with van der Waals surface area (Å²) in [6, 6.07) is 7.99. The van der Waals surface area contributed by atoms with Crippen LogP contribution in [0.25, 0.3) is 0 Å². The fraction of sp³-hybridized carbons (Fsp3) is 0.154. The van der Waals surface area contributed by atoms with Crippen molar-refractivity contribution in [2.75, 3.05) is 10.6 Å². The number of hydrogen-bond acceptors (Lipinski definition) is 3. The third-order valence-corrected chi connectivity index (χ3v) is 2.50. The molecule has 1 aromatic carbocycles. The van der Waals surface area contributed by atoms with Gasteiger partial charge in [-0.15, -0.1) is 0 Å². The molecule has 1 aromatic heterocycles. The summed E-state index contributed by atoms with van der Waals surface area (Å²) in [4.78, 5) is 22.8. The highest BCUT2D eigenvalue weighted by Gasteiger charge is 2.05. The average Bonchev–Trinajstić information content (AvgIpc) is 2.75. The van der Waals surface area contributed by atoms with E-state index in [1.165, 1.54) is 6.92 Å². The van der Waals surface area contributed by atoms with Crippen molar-refractivity contribution in [3.63, 3.8) is 0 Å². The van der Waals surface area contributed by atoms with E-state index in [-0.39, 0.29) is 11.8 Å². The van der Waals surface area contributed by atoms with Crippen molar-refractivity contribution >= 4 is 23.3 Å². The highest BCUT2D eigenvalue weighted by molar-refractivity contribution is 6.00. The van der Waals surface area contributed by atoms with Gasteiger partial charge < -0.3 is 5.32 Å². The summed E-state index contributed by atoms with van der Waals surface area (Å²) in [7, 11) is 1.77. The van der Waals surface area contributed by atoms with Crippen LogP contribution in [0.15, 0.2) is 36.5 Å². The third-order valence-electron chi connectivity index (χ3n) is 2.50. The van der Waals surface area contributed by atoms with Crippen molar-refractivity contribution in [1.29, 1.82) is 0 Å². The lowest BCUT2D eigenvalue weighted by Gasteiger charge is -2.05. The molecule has 1 heterocycles. The number of benzene rings is 1. The standard InChI is InChI=1S/C13H14N4O2/c1-9(18)10-3-5-11(6-4-10)14-13(19)15-12-7-8-17(2)16-12/h3-8H,1-2H3,(H2,14,15,16,19). The number of aromatic nitrogens is 2. The summed E-state index contributed by atoms with van der Waals surface area (Å²) in [6.07, 6.45) is 1.73. The number of carbonyl (C=O) groups excluding carboxylic acids is 2. The Morgan fingerprint density at radius 3 is 2.32 bits per heavy atom. The Morgan fingerprint density at radius 2 is 1.79 bits per heavy atom. The Balaban J connectivity index is 1.97. The molecule has 0 spiro atoms. The molecule has 0 radical (unpaired) electrons. The predicted octanol–water partition coefficient (Wildman–Crippen LogP) is 2.27. The van der Waals surface area contributed by atoms with Crippen LogP contribution >= 0.6 is 0 Å². The van der Waals surface area contributed by atoms with Crippen LogP contribution in [0.2, 0.25) is 0 Å². The molecule has 0 unspecified atom stereocenters. The number of hydrogen-bond donors (Lipinski definition) is 2. The minimum absolute atomic E-state index is 0.00973. The van der Waals surface area contributed by atoms with E-state index in [0.29, 0.717) is 17.1 Å². The summed E-state index contributed by atoms with van der Waals surface area (Å²) < 4.78 is 1.59. The molecule has 2 N–H and O–H groups in total. The molecular formula is C13H14N4O2. The number of ketones is 1. The SMILES string of the molecule is CC(=O)c1ccc(NC(=O)Nc2ccn(C)n2)cc1. The molecule has 0 saturated heterocycles. The van der Waals surface area contributed by atoms with Crippen LogP contribution in [0.4, 0.5) is 16.3 Å². The number of Topliss-reactive ketones (excluding diaryl/α,β-unsaturated/α-hetero) is 1. The molecule has 0 fully saturated rings.